The average molecular weight is 491 g/mol. The Morgan fingerprint density at radius 1 is 1.27 bits per heavy atom. The molecule has 0 atom stereocenters. The molecule has 33 heavy (non-hydrogen) atoms. The van der Waals surface area contributed by atoms with Crippen LogP contribution in [0.25, 0.3) is 6.08 Å². The third kappa shape index (κ3) is 6.45. The molecule has 9 nitrogen and oxygen atoms in total. The third-order valence-corrected chi connectivity index (χ3v) is 6.17. The minimum Gasteiger partial charge on any atom is -0.452 e. The van der Waals surface area contributed by atoms with E-state index < -0.39 is 18.5 Å². The zero-order valence-corrected chi connectivity index (χ0v) is 19.7. The summed E-state index contributed by atoms with van der Waals surface area (Å²) in [5, 5.41) is 7.35. The van der Waals surface area contributed by atoms with Crippen molar-refractivity contribution in [3.05, 3.63) is 57.9 Å². The number of hydrogen-bond donors (Lipinski definition) is 1. The van der Waals surface area contributed by atoms with Gasteiger partial charge < -0.3 is 10.1 Å². The predicted molar refractivity (Wildman–Crippen MR) is 125 cm³/mol. The summed E-state index contributed by atoms with van der Waals surface area (Å²) in [5.41, 5.74) is 3.31. The predicted octanol–water partition coefficient (Wildman–Crippen LogP) is 2.57. The van der Waals surface area contributed by atoms with Gasteiger partial charge in [-0.15, -0.1) is 0 Å². The van der Waals surface area contributed by atoms with Crippen molar-refractivity contribution in [2.24, 2.45) is 0 Å². The molecule has 2 aromatic rings. The molecule has 2 heterocycles. The van der Waals surface area contributed by atoms with Crippen LogP contribution in [0.3, 0.4) is 0 Å². The molecule has 0 aliphatic carbocycles. The summed E-state index contributed by atoms with van der Waals surface area (Å²) in [4.78, 5) is 47.9. The first-order chi connectivity index (χ1) is 15.8. The summed E-state index contributed by atoms with van der Waals surface area (Å²) in [6.45, 7) is 3.93. The number of halogens is 1. The van der Waals surface area contributed by atoms with Gasteiger partial charge in [0.25, 0.3) is 11.1 Å². The Hall–Kier alpha value is -3.11. The smallest absolute Gasteiger partial charge is 0.331 e. The second-order valence-corrected chi connectivity index (χ2v) is 8.56. The minimum atomic E-state index is -0.677. The molecule has 1 saturated heterocycles. The first-order valence-corrected chi connectivity index (χ1v) is 11.5. The molecular weight excluding hydrogens is 468 g/mol. The quantitative estimate of drug-likeness (QED) is 0.425. The van der Waals surface area contributed by atoms with Crippen molar-refractivity contribution in [1.29, 1.82) is 0 Å². The average Bonchev–Trinajstić information content (AvgIpc) is 3.24. The fraction of sp³-hybridized carbons (Fsp3) is 0.318. The van der Waals surface area contributed by atoms with Gasteiger partial charge in [0.1, 0.15) is 0 Å². The largest absolute Gasteiger partial charge is 0.452 e. The highest BCUT2D eigenvalue weighted by molar-refractivity contribution is 8.14. The summed E-state index contributed by atoms with van der Waals surface area (Å²) in [6.07, 6.45) is 2.84. The van der Waals surface area contributed by atoms with E-state index in [4.69, 9.17) is 16.3 Å². The number of rotatable bonds is 9. The maximum atomic E-state index is 12.0. The van der Waals surface area contributed by atoms with Crippen LogP contribution in [0.4, 0.5) is 4.79 Å². The number of imide groups is 1. The van der Waals surface area contributed by atoms with Crippen LogP contribution in [-0.4, -0.2) is 63.2 Å². The summed E-state index contributed by atoms with van der Waals surface area (Å²) in [7, 11) is 0. The van der Waals surface area contributed by atoms with Crippen LogP contribution in [0.2, 0.25) is 5.02 Å². The number of ether oxygens (including phenoxy) is 1. The number of aromatic nitrogens is 2. The van der Waals surface area contributed by atoms with Crippen LogP contribution >= 0.6 is 23.4 Å². The fourth-order valence-corrected chi connectivity index (χ4v) is 4.13. The highest BCUT2D eigenvalue weighted by Crippen LogP contribution is 2.20. The maximum Gasteiger partial charge on any atom is 0.331 e. The van der Waals surface area contributed by atoms with Gasteiger partial charge in [-0.3, -0.25) is 24.0 Å². The van der Waals surface area contributed by atoms with Crippen LogP contribution < -0.4 is 5.32 Å². The highest BCUT2D eigenvalue weighted by Gasteiger charge is 2.29. The molecule has 11 heteroatoms. The second-order valence-electron chi connectivity index (χ2n) is 7.22. The lowest BCUT2D eigenvalue weighted by atomic mass is 10.1. The molecule has 3 amide bonds. The van der Waals surface area contributed by atoms with E-state index >= 15 is 0 Å². The van der Waals surface area contributed by atoms with E-state index in [1.54, 1.807) is 6.08 Å². The number of thioether (sulfide) groups is 1. The molecule has 0 radical (unpaired) electrons. The van der Waals surface area contributed by atoms with Gasteiger partial charge in [-0.05, 0) is 31.6 Å². The molecule has 1 fully saturated rings. The lowest BCUT2D eigenvalue weighted by Gasteiger charge is -2.12. The Labute approximate surface area is 200 Å². The van der Waals surface area contributed by atoms with Crippen molar-refractivity contribution in [2.45, 2.75) is 20.4 Å². The van der Waals surface area contributed by atoms with E-state index in [-0.39, 0.29) is 30.0 Å². The SMILES string of the molecule is Cc1nn(Cc2ccccc2Cl)c(C)c1C=CC(=O)OCC(=O)NCCN1C(=O)CSC1=O. The van der Waals surface area contributed by atoms with Gasteiger partial charge in [0.2, 0.25) is 5.91 Å². The van der Waals surface area contributed by atoms with Crippen molar-refractivity contribution < 1.29 is 23.9 Å². The van der Waals surface area contributed by atoms with Gasteiger partial charge in [-0.25, -0.2) is 4.79 Å². The van der Waals surface area contributed by atoms with Crippen molar-refractivity contribution in [3.63, 3.8) is 0 Å². The number of nitrogens with one attached hydrogen (secondary N) is 1. The Balaban J connectivity index is 1.47. The summed E-state index contributed by atoms with van der Waals surface area (Å²) >= 11 is 7.16. The van der Waals surface area contributed by atoms with E-state index in [1.165, 1.54) is 6.08 Å². The van der Waals surface area contributed by atoms with Gasteiger partial charge >= 0.3 is 5.97 Å². The number of nitrogens with zero attached hydrogens (tertiary/aromatic N) is 3. The lowest BCUT2D eigenvalue weighted by Crippen LogP contribution is -2.38. The molecular formula is C22H23ClN4O5S. The minimum absolute atomic E-state index is 0.0843. The van der Waals surface area contributed by atoms with Gasteiger partial charge in [-0.2, -0.15) is 5.10 Å². The monoisotopic (exact) mass is 490 g/mol. The highest BCUT2D eigenvalue weighted by atomic mass is 35.5. The molecule has 1 aliphatic heterocycles. The Morgan fingerprint density at radius 3 is 2.73 bits per heavy atom. The van der Waals surface area contributed by atoms with Crippen LogP contribution in [-0.2, 0) is 25.7 Å². The molecule has 0 spiro atoms. The lowest BCUT2D eigenvalue weighted by molar-refractivity contribution is -0.143. The van der Waals surface area contributed by atoms with Gasteiger partial charge in [0.15, 0.2) is 6.61 Å². The Bertz CT molecular complexity index is 1100. The summed E-state index contributed by atoms with van der Waals surface area (Å²) < 4.78 is 6.76. The molecule has 174 valence electrons. The molecule has 3 rings (SSSR count). The van der Waals surface area contributed by atoms with E-state index in [1.807, 2.05) is 42.8 Å². The van der Waals surface area contributed by atoms with E-state index in [2.05, 4.69) is 10.4 Å². The van der Waals surface area contributed by atoms with Gasteiger partial charge in [0.05, 0.1) is 18.0 Å². The molecule has 1 aliphatic rings. The van der Waals surface area contributed by atoms with Crippen molar-refractivity contribution in [1.82, 2.24) is 20.0 Å². The zero-order chi connectivity index (χ0) is 24.0. The van der Waals surface area contributed by atoms with Crippen LogP contribution in [0, 0.1) is 13.8 Å². The second kappa shape index (κ2) is 11.2. The number of hydrogen-bond acceptors (Lipinski definition) is 7. The standard InChI is InChI=1S/C22H23ClN4O5S/c1-14-17(15(2)27(25-14)11-16-5-3-4-6-18(16)23)7-8-21(30)32-12-19(28)24-9-10-26-20(29)13-33-22(26)31/h3-8H,9-13H2,1-2H3,(H,24,28). The maximum absolute atomic E-state index is 12.0. The van der Waals surface area contributed by atoms with Gasteiger partial charge in [-0.1, -0.05) is 41.6 Å². The number of aryl methyl sites for hydroxylation is 1. The number of carbonyl (C=O) groups is 4. The van der Waals surface area contributed by atoms with E-state index in [0.29, 0.717) is 11.6 Å². The number of carbonyl (C=O) groups excluding carboxylic acids is 4. The van der Waals surface area contributed by atoms with E-state index in [0.717, 1.165) is 39.2 Å². The van der Waals surface area contributed by atoms with Crippen molar-refractivity contribution in [3.8, 4) is 0 Å². The topological polar surface area (TPSA) is 111 Å². The number of benzene rings is 1. The van der Waals surface area contributed by atoms with Gasteiger partial charge in [0, 0.05) is 35.4 Å². The zero-order valence-electron chi connectivity index (χ0n) is 18.2. The van der Waals surface area contributed by atoms with Crippen LogP contribution in [0.5, 0.6) is 0 Å². The number of amides is 3. The van der Waals surface area contributed by atoms with E-state index in [9.17, 15) is 19.2 Å². The Morgan fingerprint density at radius 2 is 2.03 bits per heavy atom. The molecule has 0 bridgehead atoms. The Kier molecular flexibility index (Phi) is 8.29. The van der Waals surface area contributed by atoms with Crippen LogP contribution in [0.15, 0.2) is 30.3 Å². The van der Waals surface area contributed by atoms with Crippen molar-refractivity contribution >= 4 is 52.5 Å². The third-order valence-electron chi connectivity index (χ3n) is 4.95. The normalized spacial score (nSPS) is 13.7. The molecule has 0 unspecified atom stereocenters. The molecule has 1 N–H and O–H groups in total. The fourth-order valence-electron chi connectivity index (χ4n) is 3.19. The summed E-state index contributed by atoms with van der Waals surface area (Å²) in [5.74, 6) is -1.36. The van der Waals surface area contributed by atoms with Crippen molar-refractivity contribution in [2.75, 3.05) is 25.4 Å². The summed E-state index contributed by atoms with van der Waals surface area (Å²) in [6, 6.07) is 7.52. The number of esters is 1. The molecule has 0 saturated carbocycles. The first kappa shape index (κ1) is 24.5. The first-order valence-electron chi connectivity index (χ1n) is 10.1. The van der Waals surface area contributed by atoms with Crippen LogP contribution in [0.1, 0.15) is 22.5 Å². The molecule has 1 aromatic carbocycles. The molecule has 1 aromatic heterocycles.